The number of rotatable bonds is 7. The Kier molecular flexibility index (Phi) is 7.67. The van der Waals surface area contributed by atoms with Crippen LogP contribution in [0.2, 0.25) is 0 Å². The van der Waals surface area contributed by atoms with Crippen molar-refractivity contribution in [3.8, 4) is 0 Å². The van der Waals surface area contributed by atoms with E-state index in [2.05, 4.69) is 20.8 Å². The fraction of sp³-hybridized carbons (Fsp3) is 1.00. The van der Waals surface area contributed by atoms with Gasteiger partial charge in [-0.3, -0.25) is 0 Å². The van der Waals surface area contributed by atoms with Crippen molar-refractivity contribution >= 4 is 15.9 Å². The third-order valence-electron chi connectivity index (χ3n) is 3.11. The molecule has 1 rings (SSSR count). The molecule has 0 bridgehead atoms. The minimum Gasteiger partial charge on any atom is -0.384 e. The van der Waals surface area contributed by atoms with Gasteiger partial charge in [-0.15, -0.1) is 0 Å². The molecular weight excluding hydrogens is 254 g/mol. The highest BCUT2D eigenvalue weighted by atomic mass is 79.9. The summed E-state index contributed by atoms with van der Waals surface area (Å²) in [6.45, 7) is 4.78. The molecule has 0 aromatic rings. The predicted octanol–water partition coefficient (Wildman–Crippen LogP) is 2.91. The van der Waals surface area contributed by atoms with Crippen molar-refractivity contribution in [1.82, 2.24) is 4.90 Å². The van der Waals surface area contributed by atoms with E-state index in [0.717, 1.165) is 17.9 Å². The molecule has 90 valence electrons. The molecule has 0 spiro atoms. The highest BCUT2D eigenvalue weighted by molar-refractivity contribution is 9.09. The first-order valence-electron chi connectivity index (χ1n) is 6.14. The maximum Gasteiger partial charge on any atom is 0.0502 e. The molecule has 2 nitrogen and oxygen atoms in total. The number of likely N-dealkylation sites (tertiary alicyclic amines) is 1. The van der Waals surface area contributed by atoms with E-state index in [4.69, 9.17) is 4.74 Å². The smallest absolute Gasteiger partial charge is 0.0502 e. The average Bonchev–Trinajstić information content (AvgIpc) is 2.26. The minimum absolute atomic E-state index is 0.778. The lowest BCUT2D eigenvalue weighted by atomic mass is 9.99. The summed E-state index contributed by atoms with van der Waals surface area (Å²) >= 11 is 3.48. The SMILES string of the molecule is COCC1CCCN(CCCCCBr)C1. The van der Waals surface area contributed by atoms with Gasteiger partial charge >= 0.3 is 0 Å². The highest BCUT2D eigenvalue weighted by Crippen LogP contribution is 2.17. The zero-order chi connectivity index (χ0) is 10.9. The Bertz CT molecular complexity index is 153. The second-order valence-corrected chi connectivity index (χ2v) is 5.31. The summed E-state index contributed by atoms with van der Waals surface area (Å²) in [7, 11) is 1.81. The molecule has 15 heavy (non-hydrogen) atoms. The van der Waals surface area contributed by atoms with Crippen LogP contribution < -0.4 is 0 Å². The van der Waals surface area contributed by atoms with Gasteiger partial charge in [0.15, 0.2) is 0 Å². The lowest BCUT2D eigenvalue weighted by Crippen LogP contribution is -2.37. The summed E-state index contributed by atoms with van der Waals surface area (Å²) in [5.41, 5.74) is 0. The van der Waals surface area contributed by atoms with Gasteiger partial charge in [0.05, 0.1) is 6.61 Å². The van der Waals surface area contributed by atoms with Crippen LogP contribution in [0.25, 0.3) is 0 Å². The van der Waals surface area contributed by atoms with Crippen molar-refractivity contribution in [2.45, 2.75) is 32.1 Å². The number of hydrogen-bond acceptors (Lipinski definition) is 2. The van der Waals surface area contributed by atoms with E-state index in [1.165, 1.54) is 51.7 Å². The first kappa shape index (κ1) is 13.5. The number of hydrogen-bond donors (Lipinski definition) is 0. The van der Waals surface area contributed by atoms with Crippen LogP contribution in [0, 0.1) is 5.92 Å². The fourth-order valence-corrected chi connectivity index (χ4v) is 2.73. The van der Waals surface area contributed by atoms with E-state index in [9.17, 15) is 0 Å². The van der Waals surface area contributed by atoms with Gasteiger partial charge in [-0.2, -0.15) is 0 Å². The number of alkyl halides is 1. The summed E-state index contributed by atoms with van der Waals surface area (Å²) < 4.78 is 5.24. The Labute approximate surface area is 102 Å². The first-order chi connectivity index (χ1) is 7.36. The molecule has 1 fully saturated rings. The number of piperidine rings is 1. The molecule has 1 atom stereocenters. The third-order valence-corrected chi connectivity index (χ3v) is 3.67. The van der Waals surface area contributed by atoms with Crippen molar-refractivity contribution in [2.24, 2.45) is 5.92 Å². The second kappa shape index (κ2) is 8.54. The Morgan fingerprint density at radius 3 is 2.93 bits per heavy atom. The van der Waals surface area contributed by atoms with E-state index < -0.39 is 0 Å². The second-order valence-electron chi connectivity index (χ2n) is 4.51. The highest BCUT2D eigenvalue weighted by Gasteiger charge is 2.18. The topological polar surface area (TPSA) is 12.5 Å². The van der Waals surface area contributed by atoms with Crippen LogP contribution in [-0.2, 0) is 4.74 Å². The minimum atomic E-state index is 0.778. The van der Waals surface area contributed by atoms with E-state index >= 15 is 0 Å². The number of halogens is 1. The van der Waals surface area contributed by atoms with Crippen molar-refractivity contribution in [2.75, 3.05) is 38.7 Å². The fourth-order valence-electron chi connectivity index (χ4n) is 2.33. The molecule has 1 aliphatic heterocycles. The van der Waals surface area contributed by atoms with Gasteiger partial charge in [-0.05, 0) is 44.7 Å². The summed E-state index contributed by atoms with van der Waals surface area (Å²) in [5.74, 6) is 0.778. The third kappa shape index (κ3) is 5.88. The largest absolute Gasteiger partial charge is 0.384 e. The van der Waals surface area contributed by atoms with Crippen LogP contribution in [-0.4, -0.2) is 43.6 Å². The molecule has 0 N–H and O–H groups in total. The van der Waals surface area contributed by atoms with E-state index in [-0.39, 0.29) is 0 Å². The van der Waals surface area contributed by atoms with Gasteiger partial charge < -0.3 is 9.64 Å². The van der Waals surface area contributed by atoms with Gasteiger partial charge in [-0.25, -0.2) is 0 Å². The van der Waals surface area contributed by atoms with Crippen molar-refractivity contribution in [3.05, 3.63) is 0 Å². The van der Waals surface area contributed by atoms with Crippen molar-refractivity contribution < 1.29 is 4.74 Å². The number of methoxy groups -OCH3 is 1. The van der Waals surface area contributed by atoms with Gasteiger partial charge in [-0.1, -0.05) is 22.4 Å². The van der Waals surface area contributed by atoms with Crippen LogP contribution >= 0.6 is 15.9 Å². The lowest BCUT2D eigenvalue weighted by molar-refractivity contribution is 0.0899. The number of ether oxygens (including phenoxy) is 1. The van der Waals surface area contributed by atoms with E-state index in [0.29, 0.717) is 0 Å². The molecule has 1 saturated heterocycles. The maximum absolute atomic E-state index is 5.24. The Morgan fingerprint density at radius 1 is 1.33 bits per heavy atom. The summed E-state index contributed by atoms with van der Waals surface area (Å²) in [6.07, 6.45) is 6.73. The van der Waals surface area contributed by atoms with E-state index in [1.807, 2.05) is 7.11 Å². The van der Waals surface area contributed by atoms with Crippen LogP contribution in [0.5, 0.6) is 0 Å². The quantitative estimate of drug-likeness (QED) is 0.524. The number of unbranched alkanes of at least 4 members (excludes halogenated alkanes) is 2. The molecule has 0 aromatic carbocycles. The first-order valence-corrected chi connectivity index (χ1v) is 7.26. The molecular formula is C12H24BrNO. The van der Waals surface area contributed by atoms with Crippen LogP contribution in [0.1, 0.15) is 32.1 Å². The van der Waals surface area contributed by atoms with Crippen molar-refractivity contribution in [1.29, 1.82) is 0 Å². The van der Waals surface area contributed by atoms with Gasteiger partial charge in [0.2, 0.25) is 0 Å². The van der Waals surface area contributed by atoms with Crippen molar-refractivity contribution in [3.63, 3.8) is 0 Å². The molecule has 1 aliphatic rings. The maximum atomic E-state index is 5.24. The molecule has 0 aliphatic carbocycles. The number of nitrogens with zero attached hydrogens (tertiary/aromatic N) is 1. The van der Waals surface area contributed by atoms with Gasteiger partial charge in [0, 0.05) is 19.0 Å². The Balaban J connectivity index is 2.07. The molecule has 3 heteroatoms. The molecule has 0 radical (unpaired) electrons. The summed E-state index contributed by atoms with van der Waals surface area (Å²) in [4.78, 5) is 2.61. The monoisotopic (exact) mass is 277 g/mol. The molecule has 1 unspecified atom stereocenters. The van der Waals surface area contributed by atoms with Crippen LogP contribution in [0.15, 0.2) is 0 Å². The molecule has 1 heterocycles. The van der Waals surface area contributed by atoms with Gasteiger partial charge in [0.25, 0.3) is 0 Å². The summed E-state index contributed by atoms with van der Waals surface area (Å²) in [5, 5.41) is 1.15. The normalized spacial score (nSPS) is 23.2. The molecule has 0 amide bonds. The predicted molar refractivity (Wildman–Crippen MR) is 68.7 cm³/mol. The molecule has 0 aromatic heterocycles. The Hall–Kier alpha value is 0.400. The standard InChI is InChI=1S/C12H24BrNO/c1-15-11-12-6-5-9-14(10-12)8-4-2-3-7-13/h12H,2-11H2,1H3. The zero-order valence-corrected chi connectivity index (χ0v) is 11.5. The van der Waals surface area contributed by atoms with E-state index in [1.54, 1.807) is 0 Å². The van der Waals surface area contributed by atoms with Gasteiger partial charge in [0.1, 0.15) is 0 Å². The van der Waals surface area contributed by atoms with Crippen LogP contribution in [0.3, 0.4) is 0 Å². The summed E-state index contributed by atoms with van der Waals surface area (Å²) in [6, 6.07) is 0. The zero-order valence-electron chi connectivity index (χ0n) is 9.88. The average molecular weight is 278 g/mol. The Morgan fingerprint density at radius 2 is 2.20 bits per heavy atom. The lowest BCUT2D eigenvalue weighted by Gasteiger charge is -2.32. The molecule has 0 saturated carbocycles. The van der Waals surface area contributed by atoms with Crippen LogP contribution in [0.4, 0.5) is 0 Å².